The van der Waals surface area contributed by atoms with Crippen molar-refractivity contribution >= 4 is 17.9 Å². The van der Waals surface area contributed by atoms with E-state index < -0.39 is 5.97 Å². The fourth-order valence-corrected chi connectivity index (χ4v) is 2.53. The summed E-state index contributed by atoms with van der Waals surface area (Å²) in [4.78, 5) is 23.7. The Morgan fingerprint density at radius 1 is 1.39 bits per heavy atom. The van der Waals surface area contributed by atoms with Gasteiger partial charge >= 0.3 is 5.97 Å². The van der Waals surface area contributed by atoms with Crippen LogP contribution in [0.4, 0.5) is 5.69 Å². The number of aromatic carboxylic acids is 1. The van der Waals surface area contributed by atoms with Crippen LogP contribution >= 0.6 is 0 Å². The number of allylic oxidation sites excluding steroid dienone is 2. The zero-order valence-electron chi connectivity index (χ0n) is 10.6. The third-order valence-corrected chi connectivity index (χ3v) is 3.51. The van der Waals surface area contributed by atoms with Crippen LogP contribution in [0.3, 0.4) is 0 Å². The predicted octanol–water partition coefficient (Wildman–Crippen LogP) is 2.20. The molecule has 0 saturated carbocycles. The number of carboxylic acid groups (broad SMARTS) is 1. The van der Waals surface area contributed by atoms with Gasteiger partial charge in [0.1, 0.15) is 6.29 Å². The molecule has 1 N–H and O–H groups in total. The van der Waals surface area contributed by atoms with Crippen molar-refractivity contribution < 1.29 is 14.7 Å². The Morgan fingerprint density at radius 2 is 2.06 bits per heavy atom. The van der Waals surface area contributed by atoms with Gasteiger partial charge in [0, 0.05) is 23.8 Å². The van der Waals surface area contributed by atoms with E-state index in [4.69, 9.17) is 5.11 Å². The second-order valence-electron chi connectivity index (χ2n) is 4.91. The van der Waals surface area contributed by atoms with Gasteiger partial charge in [0.15, 0.2) is 0 Å². The summed E-state index contributed by atoms with van der Waals surface area (Å²) in [7, 11) is 1.88. The number of anilines is 1. The Morgan fingerprint density at radius 3 is 2.61 bits per heavy atom. The Balaban J connectivity index is 2.65. The van der Waals surface area contributed by atoms with Gasteiger partial charge in [0.05, 0.1) is 5.56 Å². The van der Waals surface area contributed by atoms with Crippen LogP contribution in [0.15, 0.2) is 30.0 Å². The molecule has 4 heteroatoms. The van der Waals surface area contributed by atoms with E-state index in [1.807, 2.05) is 25.8 Å². The number of carbonyl (C=O) groups excluding carboxylic acids is 1. The lowest BCUT2D eigenvalue weighted by Crippen LogP contribution is -2.23. The summed E-state index contributed by atoms with van der Waals surface area (Å²) in [5.41, 5.74) is 2.64. The molecule has 2 rings (SSSR count). The average Bonchev–Trinajstić information content (AvgIpc) is 2.51. The molecule has 1 aromatic rings. The highest BCUT2D eigenvalue weighted by Gasteiger charge is 2.38. The zero-order chi connectivity index (χ0) is 13.5. The van der Waals surface area contributed by atoms with Gasteiger partial charge in [0.25, 0.3) is 0 Å². The lowest BCUT2D eigenvalue weighted by atomic mass is 9.83. The second kappa shape index (κ2) is 3.98. The van der Waals surface area contributed by atoms with E-state index >= 15 is 0 Å². The van der Waals surface area contributed by atoms with Crippen LogP contribution in [0, 0.1) is 0 Å². The molecule has 1 aromatic carbocycles. The summed E-state index contributed by atoms with van der Waals surface area (Å²) in [6.07, 6.45) is 2.29. The number of nitrogens with zero attached hydrogens (tertiary/aromatic N) is 1. The van der Waals surface area contributed by atoms with Crippen LogP contribution in [-0.2, 0) is 10.2 Å². The monoisotopic (exact) mass is 245 g/mol. The largest absolute Gasteiger partial charge is 0.478 e. The number of likely N-dealkylation sites (N-methyl/N-ethyl adjacent to an activating group) is 1. The van der Waals surface area contributed by atoms with E-state index in [0.29, 0.717) is 0 Å². The van der Waals surface area contributed by atoms with Crippen molar-refractivity contribution in [3.05, 3.63) is 41.1 Å². The number of benzene rings is 1. The molecule has 0 spiro atoms. The minimum atomic E-state index is -0.941. The lowest BCUT2D eigenvalue weighted by Gasteiger charge is -2.23. The van der Waals surface area contributed by atoms with Crippen LogP contribution < -0.4 is 4.90 Å². The zero-order valence-corrected chi connectivity index (χ0v) is 10.6. The Kier molecular flexibility index (Phi) is 2.73. The Hall–Kier alpha value is -2.10. The maximum absolute atomic E-state index is 11.0. The molecule has 0 radical (unpaired) electrons. The number of carboxylic acids is 1. The number of hydrogen-bond acceptors (Lipinski definition) is 3. The first-order valence-corrected chi connectivity index (χ1v) is 5.67. The number of hydrogen-bond donors (Lipinski definition) is 1. The molecule has 0 amide bonds. The molecule has 0 unspecified atom stereocenters. The summed E-state index contributed by atoms with van der Waals surface area (Å²) in [5.74, 6) is -0.941. The quantitative estimate of drug-likeness (QED) is 0.641. The first-order valence-electron chi connectivity index (χ1n) is 5.67. The maximum atomic E-state index is 11.0. The van der Waals surface area contributed by atoms with E-state index in [0.717, 1.165) is 23.2 Å². The smallest absolute Gasteiger partial charge is 0.335 e. The van der Waals surface area contributed by atoms with Crippen molar-refractivity contribution in [1.82, 2.24) is 0 Å². The van der Waals surface area contributed by atoms with Crippen LogP contribution in [0.2, 0.25) is 0 Å². The van der Waals surface area contributed by atoms with E-state index in [1.165, 1.54) is 6.08 Å². The molecular weight excluding hydrogens is 230 g/mol. The van der Waals surface area contributed by atoms with Crippen molar-refractivity contribution in [2.75, 3.05) is 11.9 Å². The summed E-state index contributed by atoms with van der Waals surface area (Å²) >= 11 is 0. The SMILES string of the molecule is CN1C(=CC=O)C(C)(C)c2cc(C(=O)O)ccc21. The van der Waals surface area contributed by atoms with E-state index in [9.17, 15) is 9.59 Å². The van der Waals surface area contributed by atoms with Gasteiger partial charge in [-0.25, -0.2) is 4.79 Å². The Labute approximate surface area is 106 Å². The van der Waals surface area contributed by atoms with Gasteiger partial charge in [-0.3, -0.25) is 4.79 Å². The minimum Gasteiger partial charge on any atom is -0.478 e. The number of rotatable bonds is 2. The maximum Gasteiger partial charge on any atom is 0.335 e. The molecule has 1 aliphatic heterocycles. The molecule has 0 bridgehead atoms. The molecule has 4 nitrogen and oxygen atoms in total. The van der Waals surface area contributed by atoms with Crippen LogP contribution in [0.1, 0.15) is 29.8 Å². The summed E-state index contributed by atoms with van der Waals surface area (Å²) in [6.45, 7) is 3.96. The predicted molar refractivity (Wildman–Crippen MR) is 69.0 cm³/mol. The Bertz CT molecular complexity index is 558. The molecular formula is C14H15NO3. The molecule has 1 aliphatic rings. The van der Waals surface area contributed by atoms with Crippen molar-refractivity contribution in [2.45, 2.75) is 19.3 Å². The highest BCUT2D eigenvalue weighted by atomic mass is 16.4. The molecule has 94 valence electrons. The van der Waals surface area contributed by atoms with Gasteiger partial charge in [0.2, 0.25) is 0 Å². The van der Waals surface area contributed by atoms with Crippen molar-refractivity contribution in [2.24, 2.45) is 0 Å². The van der Waals surface area contributed by atoms with E-state index in [1.54, 1.807) is 18.2 Å². The molecule has 1 heterocycles. The first-order chi connectivity index (χ1) is 8.39. The van der Waals surface area contributed by atoms with Gasteiger partial charge in [-0.05, 0) is 29.8 Å². The topological polar surface area (TPSA) is 57.6 Å². The molecule has 0 atom stereocenters. The van der Waals surface area contributed by atoms with Gasteiger partial charge in [-0.1, -0.05) is 13.8 Å². The molecule has 0 fully saturated rings. The fraction of sp³-hybridized carbons (Fsp3) is 0.286. The molecule has 0 aliphatic carbocycles. The summed E-state index contributed by atoms with van der Waals surface area (Å²) < 4.78 is 0. The third kappa shape index (κ3) is 1.61. The van der Waals surface area contributed by atoms with Gasteiger partial charge in [-0.2, -0.15) is 0 Å². The average molecular weight is 245 g/mol. The summed E-state index contributed by atoms with van der Waals surface area (Å²) in [6, 6.07) is 5.05. The van der Waals surface area contributed by atoms with Crippen molar-refractivity contribution in [3.8, 4) is 0 Å². The molecule has 18 heavy (non-hydrogen) atoms. The number of aldehydes is 1. The van der Waals surface area contributed by atoms with Crippen LogP contribution in [-0.4, -0.2) is 24.4 Å². The van der Waals surface area contributed by atoms with Crippen LogP contribution in [0.5, 0.6) is 0 Å². The fourth-order valence-electron chi connectivity index (χ4n) is 2.53. The number of fused-ring (bicyclic) bond motifs is 1. The highest BCUT2D eigenvalue weighted by Crippen LogP contribution is 2.46. The van der Waals surface area contributed by atoms with Crippen molar-refractivity contribution in [3.63, 3.8) is 0 Å². The second-order valence-corrected chi connectivity index (χ2v) is 4.91. The van der Waals surface area contributed by atoms with Gasteiger partial charge < -0.3 is 10.0 Å². The third-order valence-electron chi connectivity index (χ3n) is 3.51. The molecule has 0 aromatic heterocycles. The van der Waals surface area contributed by atoms with Crippen LogP contribution in [0.25, 0.3) is 0 Å². The minimum absolute atomic E-state index is 0.266. The standard InChI is InChI=1S/C14H15NO3/c1-14(2)10-8-9(13(17)18)4-5-11(10)15(3)12(14)6-7-16/h4-8H,1-3H3,(H,17,18). The van der Waals surface area contributed by atoms with Crippen molar-refractivity contribution in [1.29, 1.82) is 0 Å². The number of carbonyl (C=O) groups is 2. The lowest BCUT2D eigenvalue weighted by molar-refractivity contribution is -0.104. The first kappa shape index (κ1) is 12.4. The van der Waals surface area contributed by atoms with E-state index in [-0.39, 0.29) is 11.0 Å². The highest BCUT2D eigenvalue weighted by molar-refractivity contribution is 5.90. The van der Waals surface area contributed by atoms with Gasteiger partial charge in [-0.15, -0.1) is 0 Å². The normalized spacial score (nSPS) is 18.8. The van der Waals surface area contributed by atoms with E-state index in [2.05, 4.69) is 0 Å². The summed E-state index contributed by atoms with van der Waals surface area (Å²) in [5, 5.41) is 9.04. The molecule has 0 saturated heterocycles.